The number of alkyl carbamates (subject to hydrolysis) is 1. The second kappa shape index (κ2) is 12.5. The van der Waals surface area contributed by atoms with Gasteiger partial charge in [0.15, 0.2) is 0 Å². The minimum absolute atomic E-state index is 0.000427. The zero-order chi connectivity index (χ0) is 29.7. The molecule has 5 rings (SSSR count). The number of benzene rings is 3. The van der Waals surface area contributed by atoms with Gasteiger partial charge in [0.1, 0.15) is 24.8 Å². The molecule has 3 aromatic rings. The molecule has 1 atom stereocenters. The summed E-state index contributed by atoms with van der Waals surface area (Å²) in [5.41, 5.74) is 3.60. The van der Waals surface area contributed by atoms with Crippen molar-refractivity contribution in [3.63, 3.8) is 0 Å². The molecule has 0 aliphatic heterocycles. The van der Waals surface area contributed by atoms with Gasteiger partial charge in [-0.1, -0.05) is 91.7 Å². The molecular formula is C33H34N2O7. The van der Waals surface area contributed by atoms with E-state index in [1.54, 1.807) is 12.1 Å². The van der Waals surface area contributed by atoms with Gasteiger partial charge in [0.25, 0.3) is 0 Å². The van der Waals surface area contributed by atoms with Crippen molar-refractivity contribution in [3.05, 3.63) is 95.6 Å². The van der Waals surface area contributed by atoms with Crippen molar-refractivity contribution < 1.29 is 33.8 Å². The Hall–Kier alpha value is -4.66. The third-order valence-electron chi connectivity index (χ3n) is 8.35. The number of carbonyl (C=O) groups is 4. The second-order valence-electron chi connectivity index (χ2n) is 10.8. The van der Waals surface area contributed by atoms with E-state index in [1.807, 2.05) is 66.7 Å². The summed E-state index contributed by atoms with van der Waals surface area (Å²) in [6.07, 6.45) is 0.549. The van der Waals surface area contributed by atoms with Gasteiger partial charge in [0, 0.05) is 13.0 Å². The van der Waals surface area contributed by atoms with Gasteiger partial charge in [-0.3, -0.25) is 9.59 Å². The number of ether oxygens (including phenoxy) is 2. The van der Waals surface area contributed by atoms with E-state index in [2.05, 4.69) is 5.32 Å². The number of esters is 1. The van der Waals surface area contributed by atoms with Crippen molar-refractivity contribution in [3.8, 4) is 11.1 Å². The molecule has 1 fully saturated rings. The van der Waals surface area contributed by atoms with Crippen LogP contribution in [-0.4, -0.2) is 59.2 Å². The Morgan fingerprint density at radius 2 is 1.45 bits per heavy atom. The number of carboxylic acids is 1. The molecule has 218 valence electrons. The number of nitrogens with one attached hydrogen (secondary N) is 1. The van der Waals surface area contributed by atoms with E-state index < -0.39 is 41.9 Å². The fraction of sp³-hybridized carbons (Fsp3) is 0.333. The van der Waals surface area contributed by atoms with Crippen molar-refractivity contribution in [1.82, 2.24) is 10.2 Å². The fourth-order valence-electron chi connectivity index (χ4n) is 6.04. The number of carbonyl (C=O) groups excluding carboxylic acids is 3. The third-order valence-corrected chi connectivity index (χ3v) is 8.35. The van der Waals surface area contributed by atoms with Crippen molar-refractivity contribution in [2.45, 2.75) is 56.2 Å². The van der Waals surface area contributed by atoms with Crippen LogP contribution in [0, 0.1) is 0 Å². The predicted octanol–water partition coefficient (Wildman–Crippen LogP) is 4.88. The van der Waals surface area contributed by atoms with Gasteiger partial charge >= 0.3 is 18.0 Å². The Morgan fingerprint density at radius 1 is 0.881 bits per heavy atom. The van der Waals surface area contributed by atoms with Crippen LogP contribution < -0.4 is 5.32 Å². The van der Waals surface area contributed by atoms with E-state index >= 15 is 0 Å². The lowest BCUT2D eigenvalue weighted by Gasteiger charge is -2.36. The quantitative estimate of drug-likeness (QED) is 0.333. The van der Waals surface area contributed by atoms with E-state index in [1.165, 1.54) is 7.05 Å². The molecule has 1 saturated carbocycles. The Labute approximate surface area is 244 Å². The average Bonchev–Trinajstić information content (AvgIpc) is 3.63. The van der Waals surface area contributed by atoms with Crippen molar-refractivity contribution in [2.24, 2.45) is 0 Å². The highest BCUT2D eigenvalue weighted by Gasteiger charge is 2.48. The van der Waals surface area contributed by atoms with Gasteiger partial charge in [-0.2, -0.15) is 0 Å². The molecule has 0 saturated heterocycles. The molecule has 0 unspecified atom stereocenters. The highest BCUT2D eigenvalue weighted by molar-refractivity contribution is 5.93. The van der Waals surface area contributed by atoms with Crippen molar-refractivity contribution in [2.75, 3.05) is 13.7 Å². The SMILES string of the molecule is CN(C(=O)[C@H](CC(=O)OCc1ccccc1)NC(=O)OCC1c2ccccc2-c2ccccc21)C1(C(=O)O)CCCC1. The van der Waals surface area contributed by atoms with Gasteiger partial charge in [0.05, 0.1) is 6.42 Å². The lowest BCUT2D eigenvalue weighted by Crippen LogP contribution is -2.59. The molecule has 3 aromatic carbocycles. The van der Waals surface area contributed by atoms with Crippen LogP contribution in [0.5, 0.6) is 0 Å². The standard InChI is InChI=1S/C33H34N2O7/c1-35(33(31(38)39)17-9-10-18-33)30(37)28(19-29(36)41-20-22-11-3-2-4-12-22)34-32(40)42-21-27-25-15-7-5-13-23(25)24-14-6-8-16-26(24)27/h2-8,11-16,27-28H,9-10,17-21H2,1H3,(H,34,40)(H,38,39)/t28-/m0/s1. The molecule has 0 bridgehead atoms. The third kappa shape index (κ3) is 5.86. The molecule has 2 aliphatic carbocycles. The molecule has 42 heavy (non-hydrogen) atoms. The summed E-state index contributed by atoms with van der Waals surface area (Å²) < 4.78 is 11.0. The van der Waals surface area contributed by atoms with E-state index in [0.717, 1.165) is 32.7 Å². The topological polar surface area (TPSA) is 122 Å². The summed E-state index contributed by atoms with van der Waals surface area (Å²) in [4.78, 5) is 53.0. The Morgan fingerprint density at radius 3 is 2.05 bits per heavy atom. The highest BCUT2D eigenvalue weighted by atomic mass is 16.5. The molecule has 9 nitrogen and oxygen atoms in total. The summed E-state index contributed by atoms with van der Waals surface area (Å²) in [5, 5.41) is 12.5. The maximum Gasteiger partial charge on any atom is 0.407 e. The number of aliphatic carboxylic acids is 1. The maximum atomic E-state index is 13.7. The monoisotopic (exact) mass is 570 g/mol. The number of amides is 2. The zero-order valence-electron chi connectivity index (χ0n) is 23.5. The summed E-state index contributed by atoms with van der Waals surface area (Å²) in [6.45, 7) is 0.0224. The molecule has 0 aromatic heterocycles. The zero-order valence-corrected chi connectivity index (χ0v) is 23.5. The van der Waals surface area contributed by atoms with Crippen LogP contribution in [0.15, 0.2) is 78.9 Å². The summed E-state index contributed by atoms with van der Waals surface area (Å²) in [6, 6.07) is 23.6. The van der Waals surface area contributed by atoms with Gasteiger partial charge in [-0.15, -0.1) is 0 Å². The predicted molar refractivity (Wildman–Crippen MR) is 154 cm³/mol. The number of likely N-dealkylation sites (N-methyl/N-ethyl adjacent to an activating group) is 1. The Balaban J connectivity index is 1.29. The van der Waals surface area contributed by atoms with Gasteiger partial charge in [-0.05, 0) is 40.7 Å². The molecular weight excluding hydrogens is 536 g/mol. The number of hydrogen-bond acceptors (Lipinski definition) is 6. The average molecular weight is 571 g/mol. The molecule has 0 spiro atoms. The highest BCUT2D eigenvalue weighted by Crippen LogP contribution is 2.44. The van der Waals surface area contributed by atoms with Gasteiger partial charge < -0.3 is 24.8 Å². The Kier molecular flexibility index (Phi) is 8.56. The molecule has 2 aliphatic rings. The first kappa shape index (κ1) is 28.9. The molecule has 0 radical (unpaired) electrons. The fourth-order valence-corrected chi connectivity index (χ4v) is 6.04. The molecule has 2 amide bonds. The van der Waals surface area contributed by atoms with Crippen LogP contribution in [0.25, 0.3) is 11.1 Å². The van der Waals surface area contributed by atoms with Gasteiger partial charge in [-0.25, -0.2) is 9.59 Å². The lowest BCUT2D eigenvalue weighted by molar-refractivity contribution is -0.159. The van der Waals surface area contributed by atoms with Crippen LogP contribution in [0.4, 0.5) is 4.79 Å². The number of fused-ring (bicyclic) bond motifs is 3. The van der Waals surface area contributed by atoms with Crippen molar-refractivity contribution in [1.29, 1.82) is 0 Å². The minimum Gasteiger partial charge on any atom is -0.479 e. The maximum absolute atomic E-state index is 13.7. The molecule has 9 heteroatoms. The Bertz CT molecular complexity index is 1420. The molecule has 2 N–H and O–H groups in total. The smallest absolute Gasteiger partial charge is 0.407 e. The summed E-state index contributed by atoms with van der Waals surface area (Å²) >= 11 is 0. The van der Waals surface area contributed by atoms with Crippen LogP contribution in [-0.2, 0) is 30.5 Å². The molecule has 0 heterocycles. The normalized spacial score (nSPS) is 15.6. The number of rotatable bonds is 10. The lowest BCUT2D eigenvalue weighted by atomic mass is 9.94. The first-order valence-corrected chi connectivity index (χ1v) is 14.1. The number of nitrogens with zero attached hydrogens (tertiary/aromatic N) is 1. The van der Waals surface area contributed by atoms with E-state index in [4.69, 9.17) is 9.47 Å². The van der Waals surface area contributed by atoms with E-state index in [-0.39, 0.29) is 19.1 Å². The number of carboxylic acid groups (broad SMARTS) is 1. The van der Waals surface area contributed by atoms with E-state index in [0.29, 0.717) is 25.7 Å². The minimum atomic E-state index is -1.40. The van der Waals surface area contributed by atoms with E-state index in [9.17, 15) is 24.3 Å². The summed E-state index contributed by atoms with van der Waals surface area (Å²) in [5.74, 6) is -2.70. The summed E-state index contributed by atoms with van der Waals surface area (Å²) in [7, 11) is 1.41. The van der Waals surface area contributed by atoms with Crippen LogP contribution in [0.1, 0.15) is 54.7 Å². The van der Waals surface area contributed by atoms with Crippen molar-refractivity contribution >= 4 is 23.9 Å². The van der Waals surface area contributed by atoms with Crippen LogP contribution in [0.2, 0.25) is 0 Å². The number of hydrogen-bond donors (Lipinski definition) is 2. The second-order valence-corrected chi connectivity index (χ2v) is 10.8. The van der Waals surface area contributed by atoms with Crippen LogP contribution >= 0.6 is 0 Å². The first-order valence-electron chi connectivity index (χ1n) is 14.1. The largest absolute Gasteiger partial charge is 0.479 e. The van der Waals surface area contributed by atoms with Gasteiger partial charge in [0.2, 0.25) is 5.91 Å². The first-order chi connectivity index (χ1) is 20.3. The van der Waals surface area contributed by atoms with Crippen LogP contribution in [0.3, 0.4) is 0 Å².